The number of carbonyl (C=O) groups is 2. The monoisotopic (exact) mass is 348 g/mol. The number of anilines is 1. The molecular formula is C20H20N4O2. The Hall–Kier alpha value is -3.15. The molecule has 2 heterocycles. The molecule has 0 spiro atoms. The summed E-state index contributed by atoms with van der Waals surface area (Å²) in [6.07, 6.45) is 6.53. The summed E-state index contributed by atoms with van der Waals surface area (Å²) in [5.74, 6) is 0.0982. The number of pyridine rings is 1. The number of hydrogen-bond donors (Lipinski definition) is 2. The van der Waals surface area contributed by atoms with Gasteiger partial charge in [0.25, 0.3) is 5.91 Å². The summed E-state index contributed by atoms with van der Waals surface area (Å²) in [7, 11) is 0. The van der Waals surface area contributed by atoms with Gasteiger partial charge in [0.1, 0.15) is 5.65 Å². The first-order valence-corrected chi connectivity index (χ1v) is 8.81. The number of hydrogen-bond acceptors (Lipinski definition) is 3. The van der Waals surface area contributed by atoms with Crippen LogP contribution in [0.1, 0.15) is 28.9 Å². The topological polar surface area (TPSA) is 75.5 Å². The molecular weight excluding hydrogens is 328 g/mol. The molecule has 26 heavy (non-hydrogen) atoms. The second-order valence-corrected chi connectivity index (χ2v) is 6.55. The van der Waals surface area contributed by atoms with Crippen molar-refractivity contribution < 1.29 is 9.59 Å². The fourth-order valence-corrected chi connectivity index (χ4v) is 2.81. The Morgan fingerprint density at radius 2 is 1.92 bits per heavy atom. The van der Waals surface area contributed by atoms with Gasteiger partial charge in [-0.2, -0.15) is 0 Å². The quantitative estimate of drug-likeness (QED) is 0.719. The number of aromatic nitrogens is 2. The van der Waals surface area contributed by atoms with Crippen LogP contribution in [0.2, 0.25) is 0 Å². The minimum Gasteiger partial charge on any atom is -0.352 e. The number of benzene rings is 1. The van der Waals surface area contributed by atoms with Crippen LogP contribution in [0.3, 0.4) is 0 Å². The summed E-state index contributed by atoms with van der Waals surface area (Å²) in [4.78, 5) is 28.5. The molecule has 6 heteroatoms. The fourth-order valence-electron chi connectivity index (χ4n) is 2.81. The van der Waals surface area contributed by atoms with E-state index in [-0.39, 0.29) is 17.7 Å². The van der Waals surface area contributed by atoms with E-state index >= 15 is 0 Å². The van der Waals surface area contributed by atoms with Crippen LogP contribution in [-0.2, 0) is 11.2 Å². The summed E-state index contributed by atoms with van der Waals surface area (Å²) < 4.78 is 1.96. The number of amides is 2. The van der Waals surface area contributed by atoms with E-state index < -0.39 is 0 Å². The predicted octanol–water partition coefficient (Wildman–Crippen LogP) is 2.66. The Kier molecular flexibility index (Phi) is 4.39. The molecule has 2 aromatic heterocycles. The van der Waals surface area contributed by atoms with Gasteiger partial charge in [-0.25, -0.2) is 4.98 Å². The van der Waals surface area contributed by atoms with Gasteiger partial charge in [-0.05, 0) is 49.2 Å². The highest BCUT2D eigenvalue weighted by molar-refractivity contribution is 5.96. The van der Waals surface area contributed by atoms with Crippen molar-refractivity contribution in [1.29, 1.82) is 0 Å². The summed E-state index contributed by atoms with van der Waals surface area (Å²) in [6.45, 7) is 0.517. The lowest BCUT2D eigenvalue weighted by Gasteiger charge is -2.07. The summed E-state index contributed by atoms with van der Waals surface area (Å²) in [5.41, 5.74) is 3.14. The number of nitrogens with zero attached hydrogens (tertiary/aromatic N) is 2. The van der Waals surface area contributed by atoms with Crippen LogP contribution in [0.4, 0.5) is 5.69 Å². The van der Waals surface area contributed by atoms with E-state index in [1.807, 2.05) is 35.0 Å². The zero-order valence-corrected chi connectivity index (χ0v) is 14.3. The lowest BCUT2D eigenvalue weighted by molar-refractivity contribution is -0.117. The van der Waals surface area contributed by atoms with Crippen LogP contribution in [0.5, 0.6) is 0 Å². The highest BCUT2D eigenvalue weighted by atomic mass is 16.2. The van der Waals surface area contributed by atoms with E-state index in [1.54, 1.807) is 24.3 Å². The van der Waals surface area contributed by atoms with Crippen molar-refractivity contribution in [3.05, 3.63) is 66.1 Å². The van der Waals surface area contributed by atoms with Crippen molar-refractivity contribution in [3.63, 3.8) is 0 Å². The first-order chi connectivity index (χ1) is 12.7. The van der Waals surface area contributed by atoms with Gasteiger partial charge >= 0.3 is 0 Å². The zero-order valence-electron chi connectivity index (χ0n) is 14.3. The average Bonchev–Trinajstić information content (AvgIpc) is 3.42. The van der Waals surface area contributed by atoms with Gasteiger partial charge in [0, 0.05) is 42.5 Å². The first-order valence-electron chi connectivity index (χ1n) is 8.81. The normalized spacial score (nSPS) is 13.5. The average molecular weight is 348 g/mol. The number of imidazole rings is 1. The van der Waals surface area contributed by atoms with Gasteiger partial charge in [-0.15, -0.1) is 0 Å². The molecule has 0 saturated heterocycles. The third kappa shape index (κ3) is 3.74. The third-order valence-corrected chi connectivity index (χ3v) is 4.44. The second-order valence-electron chi connectivity index (χ2n) is 6.55. The van der Waals surface area contributed by atoms with Crippen LogP contribution in [0.15, 0.2) is 54.9 Å². The van der Waals surface area contributed by atoms with Crippen LogP contribution in [-0.4, -0.2) is 27.7 Å². The lowest BCUT2D eigenvalue weighted by atomic mass is 10.2. The smallest absolute Gasteiger partial charge is 0.251 e. The summed E-state index contributed by atoms with van der Waals surface area (Å²) in [6, 6.07) is 12.8. The Balaban J connectivity index is 1.29. The molecule has 6 nitrogen and oxygen atoms in total. The molecule has 2 N–H and O–H groups in total. The standard InChI is InChI=1S/C20H20N4O2/c25-19(14-6-8-16(9-7-14)23-20(26)15-4-5-15)21-11-10-17-13-24-12-2-1-3-18(24)22-17/h1-3,6-9,12-13,15H,4-5,10-11H2,(H,21,25)(H,23,26). The fraction of sp³-hybridized carbons (Fsp3) is 0.250. The molecule has 132 valence electrons. The van der Waals surface area contributed by atoms with Crippen molar-refractivity contribution in [1.82, 2.24) is 14.7 Å². The molecule has 2 amide bonds. The summed E-state index contributed by atoms with van der Waals surface area (Å²) in [5, 5.41) is 5.77. The van der Waals surface area contributed by atoms with Crippen molar-refractivity contribution in [3.8, 4) is 0 Å². The highest BCUT2D eigenvalue weighted by Crippen LogP contribution is 2.30. The molecule has 1 aliphatic rings. The molecule has 0 aliphatic heterocycles. The van der Waals surface area contributed by atoms with E-state index in [4.69, 9.17) is 0 Å². The van der Waals surface area contributed by atoms with Crippen LogP contribution >= 0.6 is 0 Å². The molecule has 1 fully saturated rings. The SMILES string of the molecule is O=C(NCCc1cn2ccccc2n1)c1ccc(NC(=O)C2CC2)cc1. The molecule has 1 saturated carbocycles. The maximum atomic E-state index is 12.2. The molecule has 0 unspecified atom stereocenters. The van der Waals surface area contributed by atoms with Crippen molar-refractivity contribution in [2.45, 2.75) is 19.3 Å². The van der Waals surface area contributed by atoms with E-state index in [0.29, 0.717) is 18.5 Å². The Bertz CT molecular complexity index is 909. The highest BCUT2D eigenvalue weighted by Gasteiger charge is 2.29. The molecule has 0 radical (unpaired) electrons. The van der Waals surface area contributed by atoms with Crippen molar-refractivity contribution in [2.75, 3.05) is 11.9 Å². The van der Waals surface area contributed by atoms with Crippen molar-refractivity contribution in [2.24, 2.45) is 5.92 Å². The van der Waals surface area contributed by atoms with E-state index in [9.17, 15) is 9.59 Å². The van der Waals surface area contributed by atoms with Gasteiger partial charge in [0.15, 0.2) is 0 Å². The maximum absolute atomic E-state index is 12.2. The number of fused-ring (bicyclic) bond motifs is 1. The number of carbonyl (C=O) groups excluding carboxylic acids is 2. The Morgan fingerprint density at radius 3 is 2.65 bits per heavy atom. The predicted molar refractivity (Wildman–Crippen MR) is 99.0 cm³/mol. The molecule has 0 atom stereocenters. The molecule has 4 rings (SSSR count). The largest absolute Gasteiger partial charge is 0.352 e. The minimum absolute atomic E-state index is 0.0645. The lowest BCUT2D eigenvalue weighted by Crippen LogP contribution is -2.25. The van der Waals surface area contributed by atoms with E-state index in [2.05, 4.69) is 15.6 Å². The second kappa shape index (κ2) is 7.00. The van der Waals surface area contributed by atoms with Crippen LogP contribution in [0, 0.1) is 5.92 Å². The molecule has 3 aromatic rings. The molecule has 0 bridgehead atoms. The van der Waals surface area contributed by atoms with E-state index in [1.165, 1.54) is 0 Å². The first kappa shape index (κ1) is 16.3. The Labute approximate surface area is 151 Å². The van der Waals surface area contributed by atoms with Crippen LogP contribution < -0.4 is 10.6 Å². The number of rotatable bonds is 6. The van der Waals surface area contributed by atoms with Gasteiger partial charge < -0.3 is 15.0 Å². The third-order valence-electron chi connectivity index (χ3n) is 4.44. The summed E-state index contributed by atoms with van der Waals surface area (Å²) >= 11 is 0. The zero-order chi connectivity index (χ0) is 17.9. The van der Waals surface area contributed by atoms with Crippen LogP contribution in [0.25, 0.3) is 5.65 Å². The van der Waals surface area contributed by atoms with Gasteiger partial charge in [-0.3, -0.25) is 9.59 Å². The van der Waals surface area contributed by atoms with Gasteiger partial charge in [-0.1, -0.05) is 6.07 Å². The van der Waals surface area contributed by atoms with E-state index in [0.717, 1.165) is 29.9 Å². The number of nitrogens with one attached hydrogen (secondary N) is 2. The van der Waals surface area contributed by atoms with Gasteiger partial charge in [0.2, 0.25) is 5.91 Å². The van der Waals surface area contributed by atoms with Gasteiger partial charge in [0.05, 0.1) is 5.69 Å². The van der Waals surface area contributed by atoms with Crippen molar-refractivity contribution >= 4 is 23.1 Å². The minimum atomic E-state index is -0.131. The molecule has 1 aliphatic carbocycles. The maximum Gasteiger partial charge on any atom is 0.251 e. The molecule has 1 aromatic carbocycles. The Morgan fingerprint density at radius 1 is 1.12 bits per heavy atom.